The monoisotopic (exact) mass is 289 g/mol. The van der Waals surface area contributed by atoms with Gasteiger partial charge in [0.05, 0.1) is 17.8 Å². The number of anilines is 1. The van der Waals surface area contributed by atoms with Gasteiger partial charge in [0.25, 0.3) is 0 Å². The second-order valence-electron chi connectivity index (χ2n) is 6.54. The Kier molecular flexibility index (Phi) is 4.20. The average molecular weight is 289 g/mol. The fourth-order valence-corrected chi connectivity index (χ4v) is 2.21. The van der Waals surface area contributed by atoms with Crippen molar-refractivity contribution in [1.82, 2.24) is 0 Å². The first-order valence-corrected chi connectivity index (χ1v) is 7.20. The van der Waals surface area contributed by atoms with Crippen molar-refractivity contribution in [2.45, 2.75) is 45.8 Å². The number of rotatable bonds is 3. The summed E-state index contributed by atoms with van der Waals surface area (Å²) in [5.41, 5.74) is 8.49. The van der Waals surface area contributed by atoms with Crippen molar-refractivity contribution in [3.63, 3.8) is 0 Å². The van der Waals surface area contributed by atoms with E-state index < -0.39 is 18.3 Å². The highest BCUT2D eigenvalue weighted by Crippen LogP contribution is 2.38. The molecule has 0 aliphatic carbocycles. The molecule has 4 nitrogen and oxygen atoms in total. The molecular formula is C16H24BNO3. The third kappa shape index (κ3) is 3.00. The van der Waals surface area contributed by atoms with Crippen LogP contribution in [0.5, 0.6) is 0 Å². The molecule has 1 aromatic carbocycles. The smallest absolute Gasteiger partial charge is 0.400 e. The van der Waals surface area contributed by atoms with Crippen molar-refractivity contribution < 1.29 is 14.4 Å². The lowest BCUT2D eigenvalue weighted by atomic mass is 9.77. The first-order valence-electron chi connectivity index (χ1n) is 7.20. The second kappa shape index (κ2) is 5.48. The summed E-state index contributed by atoms with van der Waals surface area (Å²) in [7, 11) is -0.556. The van der Waals surface area contributed by atoms with Crippen LogP contribution in [0.4, 0.5) is 5.69 Å². The Labute approximate surface area is 127 Å². The maximum atomic E-state index is 9.68. The van der Waals surface area contributed by atoms with Crippen LogP contribution in [-0.4, -0.2) is 30.0 Å². The minimum Gasteiger partial charge on any atom is -0.400 e. The molecule has 1 aliphatic heterocycles. The number of aryl methyl sites for hydroxylation is 1. The molecule has 21 heavy (non-hydrogen) atoms. The number of hydrogen-bond acceptors (Lipinski definition) is 4. The predicted molar refractivity (Wildman–Crippen MR) is 86.7 cm³/mol. The fourth-order valence-electron chi connectivity index (χ4n) is 2.21. The van der Waals surface area contributed by atoms with Crippen LogP contribution in [0.2, 0.25) is 0 Å². The van der Waals surface area contributed by atoms with Crippen LogP contribution in [0.3, 0.4) is 0 Å². The van der Waals surface area contributed by atoms with Gasteiger partial charge in [-0.2, -0.15) is 0 Å². The summed E-state index contributed by atoms with van der Waals surface area (Å²) in [5.74, 6) is 0. The van der Waals surface area contributed by atoms with Gasteiger partial charge < -0.3 is 20.1 Å². The molecule has 0 saturated carbocycles. The third-order valence-electron chi connectivity index (χ3n) is 4.44. The van der Waals surface area contributed by atoms with E-state index >= 15 is 0 Å². The van der Waals surface area contributed by atoms with Crippen molar-refractivity contribution in [3.8, 4) is 0 Å². The molecule has 0 unspecified atom stereocenters. The molecule has 1 heterocycles. The number of benzene rings is 1. The van der Waals surface area contributed by atoms with Gasteiger partial charge in [0.1, 0.15) is 0 Å². The minimum absolute atomic E-state index is 0.135. The zero-order chi connectivity index (χ0) is 15.8. The van der Waals surface area contributed by atoms with E-state index in [0.29, 0.717) is 11.2 Å². The molecule has 1 aliphatic rings. The van der Waals surface area contributed by atoms with E-state index in [1.807, 2.05) is 58.9 Å². The fraction of sp³-hybridized carbons (Fsp3) is 0.500. The Morgan fingerprint density at radius 3 is 2.33 bits per heavy atom. The van der Waals surface area contributed by atoms with Crippen LogP contribution < -0.4 is 5.73 Å². The molecule has 0 spiro atoms. The van der Waals surface area contributed by atoms with E-state index in [2.05, 4.69) is 0 Å². The van der Waals surface area contributed by atoms with Gasteiger partial charge in [-0.3, -0.25) is 0 Å². The van der Waals surface area contributed by atoms with Gasteiger partial charge in [0, 0.05) is 5.69 Å². The molecule has 1 aromatic rings. The molecule has 0 radical (unpaired) electrons. The summed E-state index contributed by atoms with van der Waals surface area (Å²) in [6.45, 7) is 9.78. The number of aliphatic hydroxyl groups excluding tert-OH is 1. The van der Waals surface area contributed by atoms with E-state index in [1.54, 1.807) is 0 Å². The van der Waals surface area contributed by atoms with Crippen molar-refractivity contribution in [1.29, 1.82) is 0 Å². The highest BCUT2D eigenvalue weighted by molar-refractivity contribution is 6.55. The molecule has 114 valence electrons. The summed E-state index contributed by atoms with van der Waals surface area (Å²) < 4.78 is 11.9. The molecular weight excluding hydrogens is 265 g/mol. The van der Waals surface area contributed by atoms with Gasteiger partial charge in [-0.1, -0.05) is 24.3 Å². The van der Waals surface area contributed by atoms with Gasteiger partial charge in [-0.05, 0) is 51.2 Å². The lowest BCUT2D eigenvalue weighted by Crippen LogP contribution is -2.41. The largest absolute Gasteiger partial charge is 0.492 e. The predicted octanol–water partition coefficient (Wildman–Crippen LogP) is 2.58. The van der Waals surface area contributed by atoms with Crippen LogP contribution in [-0.2, 0) is 9.31 Å². The van der Waals surface area contributed by atoms with Gasteiger partial charge in [0.2, 0.25) is 0 Å². The molecule has 2 rings (SSSR count). The molecule has 1 saturated heterocycles. The summed E-state index contributed by atoms with van der Waals surface area (Å²) in [6.07, 6.45) is 1.85. The van der Waals surface area contributed by atoms with Crippen LogP contribution in [0, 0.1) is 6.92 Å². The molecule has 1 fully saturated rings. The molecule has 0 atom stereocenters. The second-order valence-corrected chi connectivity index (χ2v) is 6.54. The number of hydrogen-bond donors (Lipinski definition) is 2. The third-order valence-corrected chi connectivity index (χ3v) is 4.44. The molecule has 0 amide bonds. The highest BCUT2D eigenvalue weighted by atomic mass is 16.7. The number of aliphatic hydroxyl groups is 1. The summed E-state index contributed by atoms with van der Waals surface area (Å²) >= 11 is 0. The maximum absolute atomic E-state index is 9.68. The van der Waals surface area contributed by atoms with Gasteiger partial charge in [-0.15, -0.1) is 0 Å². The zero-order valence-electron chi connectivity index (χ0n) is 13.4. The first-order chi connectivity index (χ1) is 9.68. The molecule has 5 heteroatoms. The summed E-state index contributed by atoms with van der Waals surface area (Å²) in [6, 6.07) is 5.82. The van der Waals surface area contributed by atoms with Crippen molar-refractivity contribution in [2.75, 3.05) is 12.3 Å². The van der Waals surface area contributed by atoms with E-state index in [-0.39, 0.29) is 6.61 Å². The lowest BCUT2D eigenvalue weighted by Gasteiger charge is -2.32. The molecule has 0 aromatic heterocycles. The lowest BCUT2D eigenvalue weighted by molar-refractivity contribution is 0.00578. The van der Waals surface area contributed by atoms with E-state index in [9.17, 15) is 5.11 Å². The highest BCUT2D eigenvalue weighted by Gasteiger charge is 2.52. The summed E-state index contributed by atoms with van der Waals surface area (Å²) in [4.78, 5) is 0. The normalized spacial score (nSPS) is 20.9. The number of nitrogens with two attached hydrogens (primary N) is 1. The molecule has 3 N–H and O–H groups in total. The van der Waals surface area contributed by atoms with Crippen LogP contribution in [0.1, 0.15) is 38.8 Å². The number of para-hydroxylation sites is 1. The first kappa shape index (κ1) is 16.1. The zero-order valence-corrected chi connectivity index (χ0v) is 13.4. The maximum Gasteiger partial charge on any atom is 0.492 e. The quantitative estimate of drug-likeness (QED) is 0.663. The van der Waals surface area contributed by atoms with Crippen molar-refractivity contribution >= 4 is 18.9 Å². The minimum atomic E-state index is -0.556. The van der Waals surface area contributed by atoms with Crippen LogP contribution in [0.15, 0.2) is 23.7 Å². The Morgan fingerprint density at radius 1 is 1.24 bits per heavy atom. The van der Waals surface area contributed by atoms with E-state index in [1.165, 1.54) is 0 Å². The van der Waals surface area contributed by atoms with Crippen LogP contribution >= 0.6 is 0 Å². The van der Waals surface area contributed by atoms with Crippen LogP contribution in [0.25, 0.3) is 6.08 Å². The topological polar surface area (TPSA) is 64.7 Å². The van der Waals surface area contributed by atoms with Gasteiger partial charge in [0.15, 0.2) is 0 Å². The Balaban J connectivity index is 2.33. The average Bonchev–Trinajstić information content (AvgIpc) is 2.60. The standard InChI is InChI=1S/C16H24BNO3/c1-11-7-6-8-12(14(11)18)9-13(10-19)17-20-15(2,3)16(4,5)21-17/h6-9,19H,10,18H2,1-5H3. The van der Waals surface area contributed by atoms with Gasteiger partial charge in [-0.25, -0.2) is 0 Å². The van der Waals surface area contributed by atoms with Crippen molar-refractivity contribution in [2.24, 2.45) is 0 Å². The van der Waals surface area contributed by atoms with Gasteiger partial charge >= 0.3 is 7.12 Å². The van der Waals surface area contributed by atoms with Crippen molar-refractivity contribution in [3.05, 3.63) is 34.8 Å². The van der Waals surface area contributed by atoms with E-state index in [0.717, 1.165) is 11.1 Å². The summed E-state index contributed by atoms with van der Waals surface area (Å²) in [5, 5.41) is 9.68. The van der Waals surface area contributed by atoms with E-state index in [4.69, 9.17) is 15.0 Å². The Hall–Kier alpha value is -1.30. The Morgan fingerprint density at radius 2 is 1.81 bits per heavy atom. The SMILES string of the molecule is Cc1cccc(C=C(CO)B2OC(C)(C)C(C)(C)O2)c1N. The molecule has 0 bridgehead atoms. The Bertz CT molecular complexity index is 551. The number of nitrogen functional groups attached to an aromatic ring is 1.